The largest absolute Gasteiger partial charge is 0.478 e. The van der Waals surface area contributed by atoms with Crippen LogP contribution in [-0.4, -0.2) is 44.3 Å². The van der Waals surface area contributed by atoms with Crippen molar-refractivity contribution in [1.82, 2.24) is 0 Å². The van der Waals surface area contributed by atoms with Gasteiger partial charge >= 0.3 is 23.9 Å². The Bertz CT molecular complexity index is 1460. The van der Waals surface area contributed by atoms with E-state index in [2.05, 4.69) is 0 Å². The Morgan fingerprint density at radius 1 is 0.295 bits per heavy atom. The number of rotatable bonds is 4. The van der Waals surface area contributed by atoms with Crippen LogP contribution >= 0.6 is 86.4 Å². The summed E-state index contributed by atoms with van der Waals surface area (Å²) in [5.41, 5.74) is 0.339. The highest BCUT2D eigenvalue weighted by atomic mass is 33.1. The second-order valence-electron chi connectivity index (χ2n) is 8.66. The van der Waals surface area contributed by atoms with E-state index in [1.807, 2.05) is 24.3 Å². The summed E-state index contributed by atoms with van der Waals surface area (Å²) in [6.45, 7) is 0. The van der Waals surface area contributed by atoms with Gasteiger partial charge < -0.3 is 20.4 Å². The van der Waals surface area contributed by atoms with E-state index in [4.69, 9.17) is 0 Å². The van der Waals surface area contributed by atoms with Crippen LogP contribution in [0.2, 0.25) is 0 Å². The minimum Gasteiger partial charge on any atom is -0.478 e. The normalized spacial score (nSPS) is 13.5. The summed E-state index contributed by atoms with van der Waals surface area (Å²) in [4.78, 5) is 52.7. The van der Waals surface area contributed by atoms with Gasteiger partial charge in [-0.25, -0.2) is 19.2 Å². The van der Waals surface area contributed by atoms with Crippen LogP contribution in [0.15, 0.2) is 112 Å². The standard InChI is InChI=1S/C28H16O8S8/c29-25(30)13-1-17-9-18(2-13)39-40-21-5-15(27(33)34)6-22(11-21)43-44-24-8-16(28(35)36)7-23(12-24)42-41-20-4-14(26(31)32)3-19(10-20)38-37-17/h1-12H,(H,29,30)(H,31,32)(H,33,34)(H,35,36). The van der Waals surface area contributed by atoms with Crippen molar-refractivity contribution in [3.63, 3.8) is 0 Å². The molecule has 1 aliphatic rings. The molecule has 4 aromatic rings. The molecule has 0 amide bonds. The number of hydrogen-bond acceptors (Lipinski definition) is 12. The van der Waals surface area contributed by atoms with Crippen molar-refractivity contribution in [2.75, 3.05) is 0 Å². The van der Waals surface area contributed by atoms with E-state index in [-0.39, 0.29) is 22.3 Å². The molecule has 0 unspecified atom stereocenters. The van der Waals surface area contributed by atoms with Crippen LogP contribution in [-0.2, 0) is 0 Å². The zero-order chi connectivity index (χ0) is 31.4. The smallest absolute Gasteiger partial charge is 0.335 e. The van der Waals surface area contributed by atoms with Gasteiger partial charge in [-0.1, -0.05) is 86.4 Å². The van der Waals surface area contributed by atoms with Crippen molar-refractivity contribution in [3.8, 4) is 0 Å². The average Bonchev–Trinajstić information content (AvgIpc) is 3.00. The number of fused-ring (bicyclic) bond motifs is 8. The fraction of sp³-hybridized carbons (Fsp3) is 0. The first-order valence-electron chi connectivity index (χ1n) is 11.9. The van der Waals surface area contributed by atoms with Gasteiger partial charge in [0.15, 0.2) is 0 Å². The molecule has 0 saturated carbocycles. The summed E-state index contributed by atoms with van der Waals surface area (Å²) >= 11 is 0. The van der Waals surface area contributed by atoms with Gasteiger partial charge in [0.2, 0.25) is 0 Å². The molecule has 0 spiro atoms. The third kappa shape index (κ3) is 8.84. The molecule has 8 bridgehead atoms. The van der Waals surface area contributed by atoms with E-state index >= 15 is 0 Å². The lowest BCUT2D eigenvalue weighted by atomic mass is 10.2. The fourth-order valence-electron chi connectivity index (χ4n) is 3.55. The van der Waals surface area contributed by atoms with Crippen LogP contribution in [0.3, 0.4) is 0 Å². The molecule has 0 fully saturated rings. The molecule has 0 aliphatic carbocycles. The summed E-state index contributed by atoms with van der Waals surface area (Å²) < 4.78 is 0. The predicted octanol–water partition coefficient (Wildman–Crippen LogP) is 9.99. The van der Waals surface area contributed by atoms with Crippen LogP contribution < -0.4 is 0 Å². The molecular weight excluding hydrogens is 721 g/mol. The number of aromatic carboxylic acids is 4. The summed E-state index contributed by atoms with van der Waals surface area (Å²) in [6.07, 6.45) is 0. The molecule has 1 aliphatic heterocycles. The van der Waals surface area contributed by atoms with Crippen LogP contribution in [0.25, 0.3) is 0 Å². The SMILES string of the molecule is O=C(O)c1cc2cc(c1)SSc1cc(cc(C(=O)O)c1)SSc1cc(cc(C(=O)O)c1)SSc1cc(cc(C(=O)O)c1)SS2. The summed E-state index contributed by atoms with van der Waals surface area (Å²) in [6, 6.07) is 19.6. The van der Waals surface area contributed by atoms with Crippen LogP contribution in [0.4, 0.5) is 0 Å². The maximum Gasteiger partial charge on any atom is 0.335 e. The summed E-state index contributed by atoms with van der Waals surface area (Å²) in [7, 11) is 10.3. The molecule has 0 saturated heterocycles. The van der Waals surface area contributed by atoms with Gasteiger partial charge in [-0.15, -0.1) is 0 Å². The monoisotopic (exact) mass is 736 g/mol. The lowest BCUT2D eigenvalue weighted by Gasteiger charge is -2.11. The Kier molecular flexibility index (Phi) is 11.1. The van der Waals surface area contributed by atoms with Crippen LogP contribution in [0.1, 0.15) is 41.4 Å². The van der Waals surface area contributed by atoms with Gasteiger partial charge in [-0.3, -0.25) is 0 Å². The molecule has 4 N–H and O–H groups in total. The van der Waals surface area contributed by atoms with Crippen molar-refractivity contribution in [2.45, 2.75) is 39.2 Å². The van der Waals surface area contributed by atoms with Crippen molar-refractivity contribution in [1.29, 1.82) is 0 Å². The third-order valence-electron chi connectivity index (χ3n) is 5.44. The summed E-state index contributed by atoms with van der Waals surface area (Å²) in [5.74, 6) is -4.39. The zero-order valence-corrected chi connectivity index (χ0v) is 28.1. The third-order valence-corrected chi connectivity index (χ3v) is 14.8. The second kappa shape index (κ2) is 14.8. The van der Waals surface area contributed by atoms with Gasteiger partial charge in [0.1, 0.15) is 0 Å². The molecule has 0 aromatic heterocycles. The first-order valence-corrected chi connectivity index (χ1v) is 20.5. The second-order valence-corrected chi connectivity index (χ2v) is 17.8. The molecule has 5 rings (SSSR count). The Balaban J connectivity index is 1.57. The molecule has 4 aromatic carbocycles. The Morgan fingerprint density at radius 3 is 0.545 bits per heavy atom. The number of hydrogen-bond donors (Lipinski definition) is 4. The van der Waals surface area contributed by atoms with E-state index in [0.29, 0.717) is 39.2 Å². The van der Waals surface area contributed by atoms with Crippen molar-refractivity contribution in [2.24, 2.45) is 0 Å². The molecule has 0 radical (unpaired) electrons. The Labute approximate surface area is 281 Å². The highest BCUT2D eigenvalue weighted by Gasteiger charge is 2.16. The van der Waals surface area contributed by atoms with E-state index in [9.17, 15) is 39.6 Å². The minimum absolute atomic E-state index is 0.0848. The molecular formula is C28H16O8S8. The maximum absolute atomic E-state index is 11.9. The number of carboxylic acid groups (broad SMARTS) is 4. The predicted molar refractivity (Wildman–Crippen MR) is 180 cm³/mol. The van der Waals surface area contributed by atoms with E-state index in [1.54, 1.807) is 0 Å². The van der Waals surface area contributed by atoms with Gasteiger partial charge in [-0.05, 0) is 72.8 Å². The lowest BCUT2D eigenvalue weighted by molar-refractivity contribution is 0.0685. The minimum atomic E-state index is -1.10. The van der Waals surface area contributed by atoms with Crippen molar-refractivity contribution in [3.05, 3.63) is 95.1 Å². The van der Waals surface area contributed by atoms with Crippen LogP contribution in [0, 0.1) is 0 Å². The van der Waals surface area contributed by atoms with Gasteiger partial charge in [-0.2, -0.15) is 0 Å². The number of benzene rings is 4. The van der Waals surface area contributed by atoms with Gasteiger partial charge in [0.25, 0.3) is 0 Å². The van der Waals surface area contributed by atoms with Crippen LogP contribution in [0.5, 0.6) is 0 Å². The first kappa shape index (κ1) is 32.9. The molecule has 8 nitrogen and oxygen atoms in total. The quantitative estimate of drug-likeness (QED) is 0.147. The number of carbonyl (C=O) groups is 4. The van der Waals surface area contributed by atoms with Gasteiger partial charge in [0, 0.05) is 39.2 Å². The maximum atomic E-state index is 11.9. The molecule has 0 atom stereocenters. The molecule has 224 valence electrons. The van der Waals surface area contributed by atoms with Crippen molar-refractivity contribution >= 4 is 110 Å². The zero-order valence-electron chi connectivity index (χ0n) is 21.6. The van der Waals surface area contributed by atoms with Crippen molar-refractivity contribution < 1.29 is 39.6 Å². The Hall–Kier alpha value is -2.44. The summed E-state index contributed by atoms with van der Waals surface area (Å²) in [5, 5.41) is 38.9. The molecule has 44 heavy (non-hydrogen) atoms. The van der Waals surface area contributed by atoms with Gasteiger partial charge in [0.05, 0.1) is 22.3 Å². The fourth-order valence-corrected chi connectivity index (χ4v) is 12.0. The molecule has 1 heterocycles. The highest BCUT2D eigenvalue weighted by molar-refractivity contribution is 8.78. The highest BCUT2D eigenvalue weighted by Crippen LogP contribution is 2.48. The topological polar surface area (TPSA) is 149 Å². The number of carboxylic acids is 4. The first-order chi connectivity index (χ1) is 21.0. The van der Waals surface area contributed by atoms with E-state index in [0.717, 1.165) is 0 Å². The Morgan fingerprint density at radius 2 is 0.432 bits per heavy atom. The average molecular weight is 737 g/mol. The van der Waals surface area contributed by atoms with E-state index in [1.165, 1.54) is 135 Å². The van der Waals surface area contributed by atoms with E-state index < -0.39 is 23.9 Å². The molecule has 16 heteroatoms. The lowest BCUT2D eigenvalue weighted by Crippen LogP contribution is -1.97.